The van der Waals surface area contributed by atoms with Gasteiger partial charge in [0.1, 0.15) is 0 Å². The molecule has 2 nitrogen and oxygen atoms in total. The highest BCUT2D eigenvalue weighted by molar-refractivity contribution is 8.34. The number of hydrogen-bond acceptors (Lipinski definition) is 2. The van der Waals surface area contributed by atoms with Gasteiger partial charge in [-0.1, -0.05) is 125 Å². The Hall–Kier alpha value is -2.85. The van der Waals surface area contributed by atoms with Gasteiger partial charge < -0.3 is 9.47 Å². The van der Waals surface area contributed by atoms with Crippen molar-refractivity contribution in [3.8, 4) is 22.3 Å². The smallest absolute Gasteiger partial charge is 0.0724 e. The molecule has 4 aromatic carbocycles. The molecule has 0 spiro atoms. The molecule has 53 heavy (non-hydrogen) atoms. The summed E-state index contributed by atoms with van der Waals surface area (Å²) in [5, 5.41) is 1.25. The maximum absolute atomic E-state index is 6.10. The molecule has 0 bridgehead atoms. The Balaban J connectivity index is 1.40. The fourth-order valence-electron chi connectivity index (χ4n) is 9.40. The van der Waals surface area contributed by atoms with Crippen LogP contribution in [0.15, 0.2) is 84.9 Å². The van der Waals surface area contributed by atoms with E-state index in [4.69, 9.17) is 9.47 Å². The van der Waals surface area contributed by atoms with E-state index in [1.165, 1.54) is 83.4 Å². The topological polar surface area (TPSA) is 18.5 Å². The minimum Gasteiger partial charge on any atom is -0.371 e. The van der Waals surface area contributed by atoms with Gasteiger partial charge in [-0.15, -0.1) is 0 Å². The quantitative estimate of drug-likeness (QED) is 0.128. The first kappa shape index (κ1) is 39.8. The van der Waals surface area contributed by atoms with Crippen molar-refractivity contribution < 1.29 is 9.47 Å². The van der Waals surface area contributed by atoms with E-state index in [0.29, 0.717) is 35.5 Å². The summed E-state index contributed by atoms with van der Waals surface area (Å²) in [6.07, 6.45) is 7.53. The van der Waals surface area contributed by atoms with Gasteiger partial charge in [-0.2, -0.15) is 0 Å². The Morgan fingerprint density at radius 2 is 0.925 bits per heavy atom. The predicted molar refractivity (Wildman–Crippen MR) is 231 cm³/mol. The average Bonchev–Trinajstić information content (AvgIpc) is 3.66. The van der Waals surface area contributed by atoms with Crippen molar-refractivity contribution in [3.05, 3.63) is 118 Å². The second kappa shape index (κ2) is 16.5. The third-order valence-corrected chi connectivity index (χ3v) is 17.3. The highest BCUT2D eigenvalue weighted by atomic mass is 32.3. The van der Waals surface area contributed by atoms with Crippen LogP contribution in [0.1, 0.15) is 139 Å². The number of hydrogen-bond donors (Lipinski definition) is 0. The summed E-state index contributed by atoms with van der Waals surface area (Å²) in [7, 11) is -1.09. The summed E-state index contributed by atoms with van der Waals surface area (Å²) >= 11 is 0. The molecule has 0 N–H and O–H groups in total. The molecule has 286 valence electrons. The Labute approximate surface area is 324 Å². The van der Waals surface area contributed by atoms with Crippen molar-refractivity contribution in [1.29, 1.82) is 0 Å². The number of fused-ring (bicyclic) bond motifs is 2. The SMILES string of the molecule is CCCCS(CCCC)(C1c2cccc(-c3ccc(COC(C)(C)C)cc3)c2CC1C)C1c2cccc(-c3ccc(COC(C)(C)C)cc3)c2CC1C. The highest BCUT2D eigenvalue weighted by Gasteiger charge is 2.50. The molecule has 0 radical (unpaired) electrons. The average molecular weight is 733 g/mol. The second-order valence-electron chi connectivity index (χ2n) is 18.3. The number of ether oxygens (including phenoxy) is 2. The number of rotatable bonds is 14. The molecule has 0 amide bonds. The van der Waals surface area contributed by atoms with Crippen LogP contribution in [0.5, 0.6) is 0 Å². The fraction of sp³-hybridized carbons (Fsp3) is 0.520. The molecule has 0 saturated heterocycles. The van der Waals surface area contributed by atoms with Crippen LogP contribution in [-0.2, 0) is 35.5 Å². The van der Waals surface area contributed by atoms with Crippen LogP contribution < -0.4 is 0 Å². The van der Waals surface area contributed by atoms with E-state index >= 15 is 0 Å². The maximum atomic E-state index is 6.10. The molecule has 0 heterocycles. The van der Waals surface area contributed by atoms with Gasteiger partial charge in [0.15, 0.2) is 0 Å². The highest BCUT2D eigenvalue weighted by Crippen LogP contribution is 2.77. The summed E-state index contributed by atoms with van der Waals surface area (Å²) in [5.74, 6) is 4.03. The molecule has 0 aliphatic heterocycles. The monoisotopic (exact) mass is 732 g/mol. The van der Waals surface area contributed by atoms with Gasteiger partial charge >= 0.3 is 0 Å². The van der Waals surface area contributed by atoms with Crippen LogP contribution in [0, 0.1) is 11.8 Å². The van der Waals surface area contributed by atoms with E-state index < -0.39 is 10.0 Å². The van der Waals surface area contributed by atoms with E-state index in [2.05, 4.69) is 154 Å². The third-order valence-electron chi connectivity index (χ3n) is 11.8. The van der Waals surface area contributed by atoms with Gasteiger partial charge in [0, 0.05) is 10.5 Å². The van der Waals surface area contributed by atoms with E-state index in [1.54, 1.807) is 22.3 Å². The van der Waals surface area contributed by atoms with E-state index in [-0.39, 0.29) is 11.2 Å². The van der Waals surface area contributed by atoms with E-state index in [1.807, 2.05) is 0 Å². The lowest BCUT2D eigenvalue weighted by Gasteiger charge is -2.54. The zero-order chi connectivity index (χ0) is 38.0. The molecule has 0 aromatic heterocycles. The van der Waals surface area contributed by atoms with E-state index in [0.717, 1.165) is 0 Å². The first-order chi connectivity index (χ1) is 25.2. The van der Waals surface area contributed by atoms with Gasteiger partial charge in [-0.25, -0.2) is 10.0 Å². The minimum absolute atomic E-state index is 0.138. The van der Waals surface area contributed by atoms with E-state index in [9.17, 15) is 0 Å². The lowest BCUT2D eigenvalue weighted by molar-refractivity contribution is -0.0152. The minimum atomic E-state index is -1.09. The molecule has 4 atom stereocenters. The summed E-state index contributed by atoms with van der Waals surface area (Å²) in [4.78, 5) is 0. The number of unbranched alkanes of at least 4 members (excludes halogenated alkanes) is 2. The predicted octanol–water partition coefficient (Wildman–Crippen LogP) is 14.2. The Morgan fingerprint density at radius 1 is 0.547 bits per heavy atom. The van der Waals surface area contributed by atoms with Gasteiger partial charge in [0.2, 0.25) is 0 Å². The maximum Gasteiger partial charge on any atom is 0.0724 e. The molecule has 4 unspecified atom stereocenters. The van der Waals surface area contributed by atoms with Gasteiger partial charge in [0.25, 0.3) is 0 Å². The normalized spacial score (nSPS) is 20.4. The summed E-state index contributed by atoms with van der Waals surface area (Å²) in [6.45, 7) is 24.1. The van der Waals surface area contributed by atoms with Crippen LogP contribution in [0.3, 0.4) is 0 Å². The fourth-order valence-corrected chi connectivity index (χ4v) is 16.1. The molecule has 2 aliphatic rings. The van der Waals surface area contributed by atoms with Crippen molar-refractivity contribution in [2.45, 2.75) is 143 Å². The Morgan fingerprint density at radius 3 is 1.26 bits per heavy atom. The van der Waals surface area contributed by atoms with Crippen LogP contribution in [-0.4, -0.2) is 22.7 Å². The van der Waals surface area contributed by atoms with Crippen molar-refractivity contribution in [2.75, 3.05) is 11.5 Å². The standard InChI is InChI=1S/C50H68O2S/c1-11-13-29-53(30-14-12-2,47-35(3)31-45-41(17-15-19-43(45)47)39-25-21-37(22-26-39)33-51-49(5,6)7)48-36(4)32-46-42(18-16-20-44(46)48)40-27-23-38(24-28-40)34-52-50(8,9)10/h15-28,35-36,47-48H,11-14,29-34H2,1-10H3. The van der Waals surface area contributed by atoms with Gasteiger partial charge in [-0.05, 0) is 146 Å². The third kappa shape index (κ3) is 8.84. The zero-order valence-corrected chi connectivity index (χ0v) is 35.5. The van der Waals surface area contributed by atoms with Crippen LogP contribution >= 0.6 is 10.0 Å². The molecular weight excluding hydrogens is 665 g/mol. The van der Waals surface area contributed by atoms with Crippen molar-refractivity contribution in [3.63, 3.8) is 0 Å². The summed E-state index contributed by atoms with van der Waals surface area (Å²) in [6, 6.07) is 33.1. The first-order valence-electron chi connectivity index (χ1n) is 20.7. The van der Waals surface area contributed by atoms with Gasteiger partial charge in [0.05, 0.1) is 24.4 Å². The summed E-state index contributed by atoms with van der Waals surface area (Å²) in [5.41, 5.74) is 14.3. The second-order valence-corrected chi connectivity index (χ2v) is 22.1. The molecule has 3 heteroatoms. The largest absolute Gasteiger partial charge is 0.371 e. The zero-order valence-electron chi connectivity index (χ0n) is 34.7. The van der Waals surface area contributed by atoms with Crippen LogP contribution in [0.4, 0.5) is 0 Å². The lowest BCUT2D eigenvalue weighted by Crippen LogP contribution is -2.28. The molecular formula is C50H68O2S. The molecule has 2 aliphatic carbocycles. The number of benzene rings is 4. The van der Waals surface area contributed by atoms with Crippen LogP contribution in [0.25, 0.3) is 22.3 Å². The van der Waals surface area contributed by atoms with Crippen LogP contribution in [0.2, 0.25) is 0 Å². The van der Waals surface area contributed by atoms with Crippen molar-refractivity contribution in [1.82, 2.24) is 0 Å². The Kier molecular flexibility index (Phi) is 12.4. The molecule has 0 fully saturated rings. The lowest BCUT2D eigenvalue weighted by atomic mass is 9.96. The first-order valence-corrected chi connectivity index (χ1v) is 22.8. The Bertz CT molecular complexity index is 1670. The molecule has 4 aromatic rings. The van der Waals surface area contributed by atoms with Gasteiger partial charge in [-0.3, -0.25) is 0 Å². The molecule has 0 saturated carbocycles. The molecule has 6 rings (SSSR count). The summed E-state index contributed by atoms with van der Waals surface area (Å²) < 4.78 is 12.2. The van der Waals surface area contributed by atoms with Crippen molar-refractivity contribution in [2.24, 2.45) is 11.8 Å². The van der Waals surface area contributed by atoms with Crippen molar-refractivity contribution >= 4 is 10.0 Å².